The molecule has 0 aliphatic rings. The van der Waals surface area contributed by atoms with Gasteiger partial charge in [0, 0.05) is 21.7 Å². The summed E-state index contributed by atoms with van der Waals surface area (Å²) < 4.78 is 0. The lowest BCUT2D eigenvalue weighted by Gasteiger charge is -1.96. The number of hydrogen-bond donors (Lipinski definition) is 0. The van der Waals surface area contributed by atoms with E-state index in [0.717, 1.165) is 15.3 Å². The number of hydrogen-bond acceptors (Lipinski definition) is 3. The number of carbonyl (C=O) groups excluding carboxylic acids is 1. The Labute approximate surface area is 91.0 Å². The molecule has 0 atom stereocenters. The molecule has 0 N–H and O–H groups in total. The monoisotopic (exact) mass is 222 g/mol. The highest BCUT2D eigenvalue weighted by molar-refractivity contribution is 7.10. The van der Waals surface area contributed by atoms with Crippen LogP contribution in [0.5, 0.6) is 0 Å². The van der Waals surface area contributed by atoms with Crippen LogP contribution in [0.1, 0.15) is 20.1 Å². The van der Waals surface area contributed by atoms with Crippen molar-refractivity contribution in [2.75, 3.05) is 0 Å². The number of aryl methyl sites for hydroxylation is 1. The van der Waals surface area contributed by atoms with Gasteiger partial charge in [-0.3, -0.25) is 4.79 Å². The summed E-state index contributed by atoms with van der Waals surface area (Å²) in [5.74, 6) is 0.228. The van der Waals surface area contributed by atoms with E-state index >= 15 is 0 Å². The average molecular weight is 222 g/mol. The minimum atomic E-state index is 0.228. The summed E-state index contributed by atoms with van der Waals surface area (Å²) in [5, 5.41) is 3.97. The first-order valence-electron chi connectivity index (χ1n) is 4.37. The molecule has 0 amide bonds. The number of thiophene rings is 2. The molecule has 2 aromatic rings. The van der Waals surface area contributed by atoms with Gasteiger partial charge in [0.25, 0.3) is 0 Å². The van der Waals surface area contributed by atoms with Crippen molar-refractivity contribution in [2.24, 2.45) is 0 Å². The van der Waals surface area contributed by atoms with Crippen molar-refractivity contribution in [2.45, 2.75) is 13.3 Å². The number of ketones is 1. The lowest BCUT2D eigenvalue weighted by Crippen LogP contribution is -2.01. The van der Waals surface area contributed by atoms with E-state index in [1.54, 1.807) is 22.7 Å². The first kappa shape index (κ1) is 9.62. The van der Waals surface area contributed by atoms with Gasteiger partial charge in [-0.2, -0.15) is 0 Å². The Bertz CT molecular complexity index is 426. The van der Waals surface area contributed by atoms with E-state index in [2.05, 4.69) is 0 Å². The second kappa shape index (κ2) is 4.07. The molecule has 2 aromatic heterocycles. The standard InChI is InChI=1S/C11H10OS2/c1-8-10(4-6-13-8)11(12)7-9-3-2-5-14-9/h2-6H,7H2,1H3. The SMILES string of the molecule is Cc1sccc1C(=O)Cc1cccs1. The van der Waals surface area contributed by atoms with Crippen molar-refractivity contribution in [3.63, 3.8) is 0 Å². The highest BCUT2D eigenvalue weighted by Gasteiger charge is 2.10. The summed E-state index contributed by atoms with van der Waals surface area (Å²) in [6, 6.07) is 5.90. The third kappa shape index (κ3) is 1.94. The fraction of sp³-hybridized carbons (Fsp3) is 0.182. The van der Waals surface area contributed by atoms with E-state index in [1.165, 1.54) is 0 Å². The smallest absolute Gasteiger partial charge is 0.169 e. The second-order valence-corrected chi connectivity index (χ2v) is 5.22. The van der Waals surface area contributed by atoms with Crippen LogP contribution in [-0.4, -0.2) is 5.78 Å². The van der Waals surface area contributed by atoms with Gasteiger partial charge in [-0.15, -0.1) is 22.7 Å². The molecule has 0 bridgehead atoms. The quantitative estimate of drug-likeness (QED) is 0.726. The van der Waals surface area contributed by atoms with Crippen molar-refractivity contribution in [1.82, 2.24) is 0 Å². The molecule has 0 saturated heterocycles. The molecule has 0 spiro atoms. The van der Waals surface area contributed by atoms with Crippen LogP contribution in [0.15, 0.2) is 29.0 Å². The van der Waals surface area contributed by atoms with Crippen molar-refractivity contribution < 1.29 is 4.79 Å². The first-order chi connectivity index (χ1) is 6.77. The molecule has 1 nitrogen and oxygen atoms in total. The molecule has 0 aliphatic heterocycles. The van der Waals surface area contributed by atoms with Crippen LogP contribution in [-0.2, 0) is 6.42 Å². The minimum absolute atomic E-state index is 0.228. The van der Waals surface area contributed by atoms with Gasteiger partial charge in [0.2, 0.25) is 0 Å². The molecule has 0 aromatic carbocycles. The van der Waals surface area contributed by atoms with Gasteiger partial charge in [-0.25, -0.2) is 0 Å². The molecular weight excluding hydrogens is 212 g/mol. The molecule has 3 heteroatoms. The summed E-state index contributed by atoms with van der Waals surface area (Å²) in [5.41, 5.74) is 0.878. The highest BCUT2D eigenvalue weighted by Crippen LogP contribution is 2.19. The maximum Gasteiger partial charge on any atom is 0.169 e. The van der Waals surface area contributed by atoms with Gasteiger partial charge in [0.1, 0.15) is 0 Å². The topological polar surface area (TPSA) is 17.1 Å². The van der Waals surface area contributed by atoms with Crippen LogP contribution < -0.4 is 0 Å². The lowest BCUT2D eigenvalue weighted by atomic mass is 10.1. The van der Waals surface area contributed by atoms with Crippen LogP contribution in [0, 0.1) is 6.92 Å². The Hall–Kier alpha value is -0.930. The number of rotatable bonds is 3. The van der Waals surface area contributed by atoms with Gasteiger partial charge < -0.3 is 0 Å². The Morgan fingerprint density at radius 3 is 2.71 bits per heavy atom. The summed E-state index contributed by atoms with van der Waals surface area (Å²) >= 11 is 3.26. The molecule has 0 aliphatic carbocycles. The molecular formula is C11H10OS2. The van der Waals surface area contributed by atoms with E-state index in [-0.39, 0.29) is 5.78 Å². The third-order valence-electron chi connectivity index (χ3n) is 2.07. The first-order valence-corrected chi connectivity index (χ1v) is 6.13. The van der Waals surface area contributed by atoms with E-state index in [4.69, 9.17) is 0 Å². The van der Waals surface area contributed by atoms with Gasteiger partial charge >= 0.3 is 0 Å². The zero-order valence-corrected chi connectivity index (χ0v) is 9.45. The van der Waals surface area contributed by atoms with Crippen molar-refractivity contribution in [3.05, 3.63) is 44.3 Å². The summed E-state index contributed by atoms with van der Waals surface area (Å²) in [4.78, 5) is 14.1. The lowest BCUT2D eigenvalue weighted by molar-refractivity contribution is 0.0994. The molecule has 0 radical (unpaired) electrons. The van der Waals surface area contributed by atoms with Crippen LogP contribution in [0.3, 0.4) is 0 Å². The van der Waals surface area contributed by atoms with Crippen LogP contribution in [0.25, 0.3) is 0 Å². The fourth-order valence-corrected chi connectivity index (χ4v) is 2.76. The van der Waals surface area contributed by atoms with Crippen LogP contribution >= 0.6 is 22.7 Å². The summed E-state index contributed by atoms with van der Waals surface area (Å²) in [6.45, 7) is 1.99. The van der Waals surface area contributed by atoms with Crippen molar-refractivity contribution in [1.29, 1.82) is 0 Å². The fourth-order valence-electron chi connectivity index (χ4n) is 1.34. The predicted molar refractivity (Wildman–Crippen MR) is 61.4 cm³/mol. The number of Topliss-reactive ketones (excluding diaryl/α,β-unsaturated/α-hetero) is 1. The van der Waals surface area contributed by atoms with Gasteiger partial charge in [-0.1, -0.05) is 6.07 Å². The molecule has 72 valence electrons. The minimum Gasteiger partial charge on any atom is -0.294 e. The van der Waals surface area contributed by atoms with E-state index < -0.39 is 0 Å². The maximum absolute atomic E-state index is 11.8. The normalized spacial score (nSPS) is 10.4. The Morgan fingerprint density at radius 1 is 1.29 bits per heavy atom. The third-order valence-corrected chi connectivity index (χ3v) is 3.80. The van der Waals surface area contributed by atoms with Crippen molar-refractivity contribution in [3.8, 4) is 0 Å². The summed E-state index contributed by atoms with van der Waals surface area (Å²) in [7, 11) is 0. The Balaban J connectivity index is 2.14. The predicted octanol–water partition coefficient (Wildman–Crippen LogP) is 3.54. The van der Waals surface area contributed by atoms with Gasteiger partial charge in [-0.05, 0) is 29.8 Å². The molecule has 0 saturated carbocycles. The Kier molecular flexibility index (Phi) is 2.79. The second-order valence-electron chi connectivity index (χ2n) is 3.07. The van der Waals surface area contributed by atoms with E-state index in [0.29, 0.717) is 6.42 Å². The molecule has 2 heterocycles. The number of carbonyl (C=O) groups is 1. The van der Waals surface area contributed by atoms with Crippen LogP contribution in [0.2, 0.25) is 0 Å². The van der Waals surface area contributed by atoms with Gasteiger partial charge in [0.15, 0.2) is 5.78 Å². The van der Waals surface area contributed by atoms with Gasteiger partial charge in [0.05, 0.1) is 0 Å². The largest absolute Gasteiger partial charge is 0.294 e. The van der Waals surface area contributed by atoms with Crippen molar-refractivity contribution >= 4 is 28.5 Å². The summed E-state index contributed by atoms with van der Waals surface area (Å²) in [6.07, 6.45) is 0.537. The average Bonchev–Trinajstić information content (AvgIpc) is 2.75. The highest BCUT2D eigenvalue weighted by atomic mass is 32.1. The van der Waals surface area contributed by atoms with E-state index in [1.807, 2.05) is 35.9 Å². The van der Waals surface area contributed by atoms with E-state index in [9.17, 15) is 4.79 Å². The molecule has 0 unspecified atom stereocenters. The Morgan fingerprint density at radius 2 is 2.14 bits per heavy atom. The molecule has 2 rings (SSSR count). The maximum atomic E-state index is 11.8. The zero-order valence-electron chi connectivity index (χ0n) is 7.82. The van der Waals surface area contributed by atoms with Crippen LogP contribution in [0.4, 0.5) is 0 Å². The molecule has 0 fully saturated rings. The zero-order chi connectivity index (χ0) is 9.97. The molecule has 14 heavy (non-hydrogen) atoms.